The molecule has 1 aromatic carbocycles. The van der Waals surface area contributed by atoms with Gasteiger partial charge in [0.1, 0.15) is 6.04 Å². The lowest BCUT2D eigenvalue weighted by Crippen LogP contribution is -2.45. The van der Waals surface area contributed by atoms with Crippen LogP contribution in [0, 0.1) is 0 Å². The maximum absolute atomic E-state index is 12.3. The van der Waals surface area contributed by atoms with Crippen molar-refractivity contribution in [1.82, 2.24) is 16.0 Å². The number of ketones is 1. The molecule has 0 aromatic heterocycles. The highest BCUT2D eigenvalue weighted by atomic mass is 16.2. The summed E-state index contributed by atoms with van der Waals surface area (Å²) in [6.45, 7) is 2.35. The second-order valence-electron chi connectivity index (χ2n) is 5.05. The highest BCUT2D eigenvalue weighted by molar-refractivity contribution is 5.90. The Hall–Kier alpha value is -1.72. The van der Waals surface area contributed by atoms with E-state index in [0.29, 0.717) is 0 Å². The normalized spacial score (nSPS) is 13.5. The largest absolute Gasteiger partial charge is 0.341 e. The molecule has 0 fully saturated rings. The molecule has 3 N–H and O–H groups in total. The molecule has 0 aliphatic heterocycles. The van der Waals surface area contributed by atoms with Gasteiger partial charge in [0.15, 0.2) is 5.78 Å². The Morgan fingerprint density at radius 1 is 1.14 bits per heavy atom. The SMILES string of the molecule is CNCCCC(NC)C(=O)NC(C(C)=O)c1ccccc1. The summed E-state index contributed by atoms with van der Waals surface area (Å²) in [5, 5.41) is 8.90. The molecular formula is C16H25N3O2. The fourth-order valence-corrected chi connectivity index (χ4v) is 2.20. The quantitative estimate of drug-likeness (QED) is 0.594. The van der Waals surface area contributed by atoms with Crippen LogP contribution in [0.5, 0.6) is 0 Å². The molecule has 21 heavy (non-hydrogen) atoms. The summed E-state index contributed by atoms with van der Waals surface area (Å²) in [5.74, 6) is -0.211. The highest BCUT2D eigenvalue weighted by Crippen LogP contribution is 2.14. The van der Waals surface area contributed by atoms with Gasteiger partial charge in [-0.15, -0.1) is 0 Å². The molecule has 0 aliphatic carbocycles. The van der Waals surface area contributed by atoms with Crippen molar-refractivity contribution < 1.29 is 9.59 Å². The molecule has 5 heteroatoms. The van der Waals surface area contributed by atoms with Crippen molar-refractivity contribution in [3.05, 3.63) is 35.9 Å². The molecular weight excluding hydrogens is 266 g/mol. The van der Waals surface area contributed by atoms with E-state index in [2.05, 4.69) is 16.0 Å². The van der Waals surface area contributed by atoms with Gasteiger partial charge in [0.05, 0.1) is 6.04 Å². The zero-order valence-electron chi connectivity index (χ0n) is 13.0. The van der Waals surface area contributed by atoms with Crippen LogP contribution < -0.4 is 16.0 Å². The van der Waals surface area contributed by atoms with Crippen molar-refractivity contribution in [3.8, 4) is 0 Å². The Labute approximate surface area is 126 Å². The molecule has 0 saturated heterocycles. The van der Waals surface area contributed by atoms with Gasteiger partial charge in [0, 0.05) is 0 Å². The van der Waals surface area contributed by atoms with Crippen LogP contribution in [0.4, 0.5) is 0 Å². The van der Waals surface area contributed by atoms with Crippen molar-refractivity contribution in [3.63, 3.8) is 0 Å². The molecule has 5 nitrogen and oxygen atoms in total. The van der Waals surface area contributed by atoms with Crippen LogP contribution in [0.1, 0.15) is 31.4 Å². The van der Waals surface area contributed by atoms with Crippen LogP contribution in [-0.4, -0.2) is 38.4 Å². The number of hydrogen-bond donors (Lipinski definition) is 3. The summed E-state index contributed by atoms with van der Waals surface area (Å²) in [5.41, 5.74) is 0.809. The zero-order chi connectivity index (χ0) is 15.7. The van der Waals surface area contributed by atoms with E-state index in [1.54, 1.807) is 7.05 Å². The maximum Gasteiger partial charge on any atom is 0.237 e. The molecule has 2 atom stereocenters. The van der Waals surface area contributed by atoms with E-state index < -0.39 is 6.04 Å². The van der Waals surface area contributed by atoms with E-state index in [0.717, 1.165) is 24.9 Å². The summed E-state index contributed by atoms with van der Waals surface area (Å²) >= 11 is 0. The summed E-state index contributed by atoms with van der Waals surface area (Å²) in [7, 11) is 3.64. The minimum absolute atomic E-state index is 0.0698. The average molecular weight is 291 g/mol. The van der Waals surface area contributed by atoms with Gasteiger partial charge in [0.2, 0.25) is 5.91 Å². The van der Waals surface area contributed by atoms with Crippen molar-refractivity contribution in [2.45, 2.75) is 31.8 Å². The van der Waals surface area contributed by atoms with Crippen LogP contribution in [0.2, 0.25) is 0 Å². The number of nitrogens with one attached hydrogen (secondary N) is 3. The summed E-state index contributed by atoms with van der Waals surface area (Å²) < 4.78 is 0. The van der Waals surface area contributed by atoms with Gasteiger partial charge in [0.25, 0.3) is 0 Å². The van der Waals surface area contributed by atoms with Crippen molar-refractivity contribution >= 4 is 11.7 Å². The highest BCUT2D eigenvalue weighted by Gasteiger charge is 2.23. The monoisotopic (exact) mass is 291 g/mol. The molecule has 0 aliphatic rings. The van der Waals surface area contributed by atoms with E-state index in [1.165, 1.54) is 6.92 Å². The predicted octanol–water partition coefficient (Wildman–Crippen LogP) is 1.02. The summed E-state index contributed by atoms with van der Waals surface area (Å²) in [4.78, 5) is 24.1. The van der Waals surface area contributed by atoms with Gasteiger partial charge in [-0.3, -0.25) is 9.59 Å². The third kappa shape index (κ3) is 5.65. The molecule has 0 saturated carbocycles. The number of Topliss-reactive ketones (excluding diaryl/α,β-unsaturated/α-hetero) is 1. The molecule has 1 aromatic rings. The second-order valence-corrected chi connectivity index (χ2v) is 5.05. The third-order valence-electron chi connectivity index (χ3n) is 3.41. The standard InChI is InChI=1S/C16H25N3O2/c1-12(20)15(13-8-5-4-6-9-13)19-16(21)14(18-3)10-7-11-17-2/h4-6,8-9,14-15,17-18H,7,10-11H2,1-3H3,(H,19,21). The number of benzene rings is 1. The lowest BCUT2D eigenvalue weighted by molar-refractivity contribution is -0.128. The minimum atomic E-state index is -0.584. The lowest BCUT2D eigenvalue weighted by atomic mass is 10.0. The van der Waals surface area contributed by atoms with Crippen LogP contribution in [-0.2, 0) is 9.59 Å². The Morgan fingerprint density at radius 2 is 1.81 bits per heavy atom. The first-order chi connectivity index (χ1) is 10.1. The number of amides is 1. The Morgan fingerprint density at radius 3 is 2.33 bits per heavy atom. The van der Waals surface area contributed by atoms with Crippen LogP contribution in [0.25, 0.3) is 0 Å². The van der Waals surface area contributed by atoms with Gasteiger partial charge in [-0.05, 0) is 46.0 Å². The van der Waals surface area contributed by atoms with Gasteiger partial charge >= 0.3 is 0 Å². The number of rotatable bonds is 9. The predicted molar refractivity (Wildman–Crippen MR) is 84.0 cm³/mol. The van der Waals surface area contributed by atoms with E-state index in [4.69, 9.17) is 0 Å². The molecule has 2 unspecified atom stereocenters. The third-order valence-corrected chi connectivity index (χ3v) is 3.41. The van der Waals surface area contributed by atoms with E-state index in [-0.39, 0.29) is 17.7 Å². The number of carbonyl (C=O) groups excluding carboxylic acids is 2. The summed E-state index contributed by atoms with van der Waals surface area (Å²) in [6.07, 6.45) is 1.62. The molecule has 116 valence electrons. The van der Waals surface area contributed by atoms with Gasteiger partial charge < -0.3 is 16.0 Å². The smallest absolute Gasteiger partial charge is 0.237 e. The fourth-order valence-electron chi connectivity index (χ4n) is 2.20. The van der Waals surface area contributed by atoms with E-state index in [1.807, 2.05) is 37.4 Å². The van der Waals surface area contributed by atoms with Crippen molar-refractivity contribution in [2.75, 3.05) is 20.6 Å². The molecule has 0 radical (unpaired) electrons. The number of likely N-dealkylation sites (N-methyl/N-ethyl adjacent to an activating group) is 1. The molecule has 1 rings (SSSR count). The maximum atomic E-state index is 12.3. The van der Waals surface area contributed by atoms with E-state index >= 15 is 0 Å². The average Bonchev–Trinajstić information content (AvgIpc) is 2.49. The first-order valence-corrected chi connectivity index (χ1v) is 7.27. The van der Waals surface area contributed by atoms with Gasteiger partial charge in [-0.25, -0.2) is 0 Å². The van der Waals surface area contributed by atoms with Crippen molar-refractivity contribution in [1.29, 1.82) is 0 Å². The molecule has 0 spiro atoms. The van der Waals surface area contributed by atoms with Crippen molar-refractivity contribution in [2.24, 2.45) is 0 Å². The number of hydrogen-bond acceptors (Lipinski definition) is 4. The topological polar surface area (TPSA) is 70.2 Å². The zero-order valence-corrected chi connectivity index (χ0v) is 13.0. The molecule has 1 amide bonds. The minimum Gasteiger partial charge on any atom is -0.341 e. The summed E-state index contributed by atoms with van der Waals surface area (Å²) in [6, 6.07) is 8.43. The first kappa shape index (κ1) is 17.3. The number of carbonyl (C=O) groups is 2. The Balaban J connectivity index is 2.69. The Bertz CT molecular complexity index is 448. The molecule has 0 bridgehead atoms. The van der Waals surface area contributed by atoms with Crippen LogP contribution in [0.15, 0.2) is 30.3 Å². The first-order valence-electron chi connectivity index (χ1n) is 7.27. The van der Waals surface area contributed by atoms with Gasteiger partial charge in [-0.1, -0.05) is 30.3 Å². The molecule has 0 heterocycles. The van der Waals surface area contributed by atoms with Crippen LogP contribution >= 0.6 is 0 Å². The fraction of sp³-hybridized carbons (Fsp3) is 0.500. The Kier molecular flexibility index (Phi) is 7.64. The second kappa shape index (κ2) is 9.26. The van der Waals surface area contributed by atoms with E-state index in [9.17, 15) is 9.59 Å². The van der Waals surface area contributed by atoms with Crippen LogP contribution in [0.3, 0.4) is 0 Å². The lowest BCUT2D eigenvalue weighted by Gasteiger charge is -2.21. The van der Waals surface area contributed by atoms with Gasteiger partial charge in [-0.2, -0.15) is 0 Å².